The third-order valence-corrected chi connectivity index (χ3v) is 0.944. The molecule has 0 aromatic carbocycles. The molecule has 0 bridgehead atoms. The maximum Gasteiger partial charge on any atom is 0.317 e. The van der Waals surface area contributed by atoms with Gasteiger partial charge in [-0.05, 0) is 6.42 Å². The van der Waals surface area contributed by atoms with Crippen molar-refractivity contribution in [1.82, 2.24) is 0 Å². The fraction of sp³-hybridized carbons (Fsp3) is 0.500. The molecule has 0 aliphatic rings. The molecule has 0 aromatic rings. The summed E-state index contributed by atoms with van der Waals surface area (Å²) in [5.74, 6) is -1.05. The quantitative estimate of drug-likeness (QED) is 0.352. The SMILES string of the molecule is CC/C=C\CC(=O)OC(C)=O. The second-order valence-corrected chi connectivity index (χ2v) is 2.05. The van der Waals surface area contributed by atoms with Crippen LogP contribution in [-0.4, -0.2) is 11.9 Å². The summed E-state index contributed by atoms with van der Waals surface area (Å²) in [5, 5.41) is 0. The Labute approximate surface area is 66.0 Å². The minimum absolute atomic E-state index is 0.174. The van der Waals surface area contributed by atoms with Crippen molar-refractivity contribution in [3.05, 3.63) is 12.2 Å². The molecule has 0 saturated carbocycles. The molecule has 3 nitrogen and oxygen atoms in total. The molecule has 0 atom stereocenters. The molecule has 0 aromatic heterocycles. The number of carbonyl (C=O) groups is 2. The van der Waals surface area contributed by atoms with Gasteiger partial charge in [0.05, 0.1) is 6.42 Å². The second-order valence-electron chi connectivity index (χ2n) is 2.05. The number of allylic oxidation sites excluding steroid dienone is 1. The predicted molar refractivity (Wildman–Crippen MR) is 40.8 cm³/mol. The smallest absolute Gasteiger partial charge is 0.317 e. The molecule has 0 amide bonds. The van der Waals surface area contributed by atoms with Gasteiger partial charge in [0.2, 0.25) is 0 Å². The van der Waals surface area contributed by atoms with Gasteiger partial charge in [0.25, 0.3) is 0 Å². The summed E-state index contributed by atoms with van der Waals surface area (Å²) in [6.07, 6.45) is 4.59. The van der Waals surface area contributed by atoms with Crippen molar-refractivity contribution in [1.29, 1.82) is 0 Å². The zero-order chi connectivity index (χ0) is 8.69. The van der Waals surface area contributed by atoms with Crippen LogP contribution in [0.4, 0.5) is 0 Å². The molecule has 0 heterocycles. The lowest BCUT2D eigenvalue weighted by Crippen LogP contribution is -2.07. The van der Waals surface area contributed by atoms with E-state index in [2.05, 4.69) is 4.74 Å². The van der Waals surface area contributed by atoms with Crippen LogP contribution in [0, 0.1) is 0 Å². The number of hydrogen-bond acceptors (Lipinski definition) is 3. The summed E-state index contributed by atoms with van der Waals surface area (Å²) in [5.41, 5.74) is 0. The Morgan fingerprint density at radius 1 is 1.36 bits per heavy atom. The molecule has 0 aliphatic heterocycles. The van der Waals surface area contributed by atoms with Crippen LogP contribution >= 0.6 is 0 Å². The monoisotopic (exact) mass is 156 g/mol. The molecular formula is C8H12O3. The molecule has 0 saturated heterocycles. The third-order valence-electron chi connectivity index (χ3n) is 0.944. The van der Waals surface area contributed by atoms with Gasteiger partial charge in [-0.25, -0.2) is 0 Å². The van der Waals surface area contributed by atoms with E-state index in [9.17, 15) is 9.59 Å². The van der Waals surface area contributed by atoms with Crippen molar-refractivity contribution in [2.75, 3.05) is 0 Å². The number of hydrogen-bond donors (Lipinski definition) is 0. The van der Waals surface area contributed by atoms with E-state index in [0.717, 1.165) is 6.42 Å². The average Bonchev–Trinajstić information content (AvgIpc) is 1.86. The van der Waals surface area contributed by atoms with E-state index in [4.69, 9.17) is 0 Å². The Hall–Kier alpha value is -1.12. The first-order valence-electron chi connectivity index (χ1n) is 3.53. The van der Waals surface area contributed by atoms with Gasteiger partial charge in [-0.3, -0.25) is 9.59 Å². The zero-order valence-corrected chi connectivity index (χ0v) is 6.79. The minimum Gasteiger partial charge on any atom is -0.393 e. The van der Waals surface area contributed by atoms with Crippen molar-refractivity contribution in [3.63, 3.8) is 0 Å². The van der Waals surface area contributed by atoms with Crippen molar-refractivity contribution in [2.45, 2.75) is 26.7 Å². The summed E-state index contributed by atoms with van der Waals surface area (Å²) in [6.45, 7) is 3.17. The lowest BCUT2D eigenvalue weighted by Gasteiger charge is -1.93. The fourth-order valence-electron chi connectivity index (χ4n) is 0.548. The second kappa shape index (κ2) is 5.65. The number of esters is 2. The Morgan fingerprint density at radius 3 is 2.45 bits per heavy atom. The molecule has 11 heavy (non-hydrogen) atoms. The maximum atomic E-state index is 10.6. The Balaban J connectivity index is 3.53. The van der Waals surface area contributed by atoms with Crippen molar-refractivity contribution in [2.24, 2.45) is 0 Å². The zero-order valence-electron chi connectivity index (χ0n) is 6.79. The number of ether oxygens (including phenoxy) is 1. The number of carbonyl (C=O) groups excluding carboxylic acids is 2. The van der Waals surface area contributed by atoms with Gasteiger partial charge < -0.3 is 4.74 Å². The van der Waals surface area contributed by atoms with Crippen LogP contribution in [0.3, 0.4) is 0 Å². The van der Waals surface area contributed by atoms with Crippen LogP contribution in [0.1, 0.15) is 26.7 Å². The molecule has 0 spiro atoms. The summed E-state index contributed by atoms with van der Waals surface area (Å²) >= 11 is 0. The first-order valence-corrected chi connectivity index (χ1v) is 3.53. The fourth-order valence-corrected chi connectivity index (χ4v) is 0.548. The van der Waals surface area contributed by atoms with Gasteiger partial charge in [0.15, 0.2) is 0 Å². The van der Waals surface area contributed by atoms with Gasteiger partial charge >= 0.3 is 11.9 Å². The van der Waals surface area contributed by atoms with Gasteiger partial charge in [-0.2, -0.15) is 0 Å². The third kappa shape index (κ3) is 6.77. The lowest BCUT2D eigenvalue weighted by atomic mass is 10.3. The molecule has 0 rings (SSSR count). The highest BCUT2D eigenvalue weighted by Gasteiger charge is 2.01. The van der Waals surface area contributed by atoms with Crippen LogP contribution in [0.15, 0.2) is 12.2 Å². The number of rotatable bonds is 3. The highest BCUT2D eigenvalue weighted by molar-refractivity contribution is 5.84. The standard InChI is InChI=1S/C8H12O3/c1-3-4-5-6-8(10)11-7(2)9/h4-5H,3,6H2,1-2H3/b5-4-. The van der Waals surface area contributed by atoms with Gasteiger partial charge in [-0.15, -0.1) is 0 Å². The molecule has 0 unspecified atom stereocenters. The van der Waals surface area contributed by atoms with Crippen LogP contribution in [0.5, 0.6) is 0 Å². The van der Waals surface area contributed by atoms with Crippen LogP contribution < -0.4 is 0 Å². The Bertz CT molecular complexity index is 170. The predicted octanol–water partition coefficient (Wildman–Crippen LogP) is 1.43. The molecule has 3 heteroatoms. The molecule has 62 valence electrons. The normalized spacial score (nSPS) is 10.0. The summed E-state index contributed by atoms with van der Waals surface area (Å²) in [4.78, 5) is 20.9. The summed E-state index contributed by atoms with van der Waals surface area (Å²) in [7, 11) is 0. The minimum atomic E-state index is -0.556. The van der Waals surface area contributed by atoms with E-state index < -0.39 is 11.9 Å². The Morgan fingerprint density at radius 2 is 2.00 bits per heavy atom. The lowest BCUT2D eigenvalue weighted by molar-refractivity contribution is -0.157. The Kier molecular flexibility index (Phi) is 5.07. The topological polar surface area (TPSA) is 43.4 Å². The highest BCUT2D eigenvalue weighted by Crippen LogP contribution is 1.90. The van der Waals surface area contributed by atoms with Gasteiger partial charge in [0, 0.05) is 6.92 Å². The first kappa shape index (κ1) is 9.88. The van der Waals surface area contributed by atoms with Crippen molar-refractivity contribution >= 4 is 11.9 Å². The highest BCUT2D eigenvalue weighted by atomic mass is 16.6. The summed E-state index contributed by atoms with van der Waals surface area (Å²) < 4.78 is 4.27. The van der Waals surface area contributed by atoms with E-state index in [-0.39, 0.29) is 6.42 Å². The van der Waals surface area contributed by atoms with Gasteiger partial charge in [0.1, 0.15) is 0 Å². The maximum absolute atomic E-state index is 10.6. The van der Waals surface area contributed by atoms with Crippen molar-refractivity contribution < 1.29 is 14.3 Å². The first-order chi connectivity index (χ1) is 5.16. The summed E-state index contributed by atoms with van der Waals surface area (Å²) in [6, 6.07) is 0. The van der Waals surface area contributed by atoms with Crippen molar-refractivity contribution in [3.8, 4) is 0 Å². The van der Waals surface area contributed by atoms with E-state index in [1.54, 1.807) is 6.08 Å². The largest absolute Gasteiger partial charge is 0.393 e. The molecule has 0 aliphatic carbocycles. The molecule has 0 fully saturated rings. The van der Waals surface area contributed by atoms with E-state index in [0.29, 0.717) is 0 Å². The van der Waals surface area contributed by atoms with Crippen LogP contribution in [-0.2, 0) is 14.3 Å². The van der Waals surface area contributed by atoms with E-state index in [1.807, 2.05) is 13.0 Å². The molecule has 0 N–H and O–H groups in total. The van der Waals surface area contributed by atoms with E-state index >= 15 is 0 Å². The average molecular weight is 156 g/mol. The van der Waals surface area contributed by atoms with E-state index in [1.165, 1.54) is 6.92 Å². The molecular weight excluding hydrogens is 144 g/mol. The molecule has 0 radical (unpaired) electrons. The van der Waals surface area contributed by atoms with Crippen LogP contribution in [0.25, 0.3) is 0 Å². The van der Waals surface area contributed by atoms with Crippen LogP contribution in [0.2, 0.25) is 0 Å². The van der Waals surface area contributed by atoms with Gasteiger partial charge in [-0.1, -0.05) is 19.1 Å².